The highest BCUT2D eigenvalue weighted by molar-refractivity contribution is 5.88. The molecule has 2 saturated carbocycles. The Morgan fingerprint density at radius 2 is 2.12 bits per heavy atom. The van der Waals surface area contributed by atoms with E-state index in [1.54, 1.807) is 25.2 Å². The zero-order valence-electron chi connectivity index (χ0n) is 15.4. The summed E-state index contributed by atoms with van der Waals surface area (Å²) >= 11 is 0. The number of hydrogen-bond acceptors (Lipinski definition) is 5. The number of allylic oxidation sites excluding steroid dienone is 2. The molecule has 0 aliphatic heterocycles. The zero-order chi connectivity index (χ0) is 18.5. The fraction of sp³-hybridized carbons (Fsp3) is 0.750. The molecule has 3 aliphatic carbocycles. The number of methoxy groups -OCH3 is 1. The Hall–Kier alpha value is -1.01. The number of ketones is 1. The average Bonchev–Trinajstić information content (AvgIpc) is 3.24. The molecule has 0 aromatic rings. The van der Waals surface area contributed by atoms with Gasteiger partial charge < -0.3 is 20.1 Å². The smallest absolute Gasteiger partial charge is 0.146 e. The van der Waals surface area contributed by atoms with Gasteiger partial charge in [0.2, 0.25) is 0 Å². The lowest BCUT2D eigenvalue weighted by atomic mass is 9.68. The monoisotopic (exact) mass is 350 g/mol. The van der Waals surface area contributed by atoms with Crippen LogP contribution in [0.25, 0.3) is 0 Å². The van der Waals surface area contributed by atoms with Crippen LogP contribution < -0.4 is 0 Å². The van der Waals surface area contributed by atoms with Crippen LogP contribution in [0, 0.1) is 35.5 Å². The number of rotatable bonds is 4. The normalized spacial score (nSPS) is 47.7. The molecule has 0 spiro atoms. The summed E-state index contributed by atoms with van der Waals surface area (Å²) in [4.78, 5) is 13.4. The summed E-state index contributed by atoms with van der Waals surface area (Å²) in [5, 5.41) is 32.5. The van der Waals surface area contributed by atoms with Crippen molar-refractivity contribution in [3.8, 4) is 0 Å². The topological polar surface area (TPSA) is 87.0 Å². The summed E-state index contributed by atoms with van der Waals surface area (Å²) < 4.78 is 5.48. The molecule has 5 heteroatoms. The quantitative estimate of drug-likeness (QED) is 0.666. The first-order valence-corrected chi connectivity index (χ1v) is 9.24. The van der Waals surface area contributed by atoms with Crippen molar-refractivity contribution in [1.29, 1.82) is 0 Å². The van der Waals surface area contributed by atoms with Crippen molar-refractivity contribution < 1.29 is 24.9 Å². The van der Waals surface area contributed by atoms with Crippen molar-refractivity contribution >= 4 is 5.78 Å². The lowest BCUT2D eigenvalue weighted by Crippen LogP contribution is -2.61. The molecule has 8 unspecified atom stereocenters. The van der Waals surface area contributed by atoms with Crippen LogP contribution >= 0.6 is 0 Å². The van der Waals surface area contributed by atoms with Crippen molar-refractivity contribution in [2.24, 2.45) is 35.5 Å². The molecule has 2 fully saturated rings. The fourth-order valence-electron chi connectivity index (χ4n) is 5.52. The first kappa shape index (κ1) is 18.8. The molecule has 0 aromatic carbocycles. The van der Waals surface area contributed by atoms with E-state index in [-0.39, 0.29) is 30.1 Å². The van der Waals surface area contributed by atoms with Crippen LogP contribution in [0.5, 0.6) is 0 Å². The molecule has 3 N–H and O–H groups in total. The number of carbonyl (C=O) groups is 1. The molecule has 5 nitrogen and oxygen atoms in total. The predicted molar refractivity (Wildman–Crippen MR) is 93.6 cm³/mol. The first-order chi connectivity index (χ1) is 11.8. The van der Waals surface area contributed by atoms with Crippen LogP contribution in [0.1, 0.15) is 27.2 Å². The molecule has 25 heavy (non-hydrogen) atoms. The number of aliphatic hydroxyl groups excluding tert-OH is 2. The molecule has 0 amide bonds. The summed E-state index contributed by atoms with van der Waals surface area (Å²) in [7, 11) is 1.46. The van der Waals surface area contributed by atoms with E-state index in [0.717, 1.165) is 6.42 Å². The van der Waals surface area contributed by atoms with Gasteiger partial charge in [0.1, 0.15) is 23.6 Å². The third kappa shape index (κ3) is 2.64. The van der Waals surface area contributed by atoms with Crippen molar-refractivity contribution in [2.75, 3.05) is 13.7 Å². The maximum absolute atomic E-state index is 13.4. The van der Waals surface area contributed by atoms with Crippen LogP contribution in [-0.4, -0.2) is 52.6 Å². The molecule has 0 aromatic heterocycles. The van der Waals surface area contributed by atoms with Gasteiger partial charge in [-0.3, -0.25) is 4.79 Å². The van der Waals surface area contributed by atoms with Crippen LogP contribution in [0.2, 0.25) is 0 Å². The van der Waals surface area contributed by atoms with E-state index in [1.807, 2.05) is 6.92 Å². The van der Waals surface area contributed by atoms with Crippen LogP contribution in [-0.2, 0) is 9.53 Å². The Bertz CT molecular complexity index is 597. The van der Waals surface area contributed by atoms with Gasteiger partial charge in [0.25, 0.3) is 0 Å². The van der Waals surface area contributed by atoms with Gasteiger partial charge in [0.15, 0.2) is 0 Å². The number of ether oxygens (including phenoxy) is 1. The highest BCUT2D eigenvalue weighted by Gasteiger charge is 2.64. The highest BCUT2D eigenvalue weighted by atomic mass is 16.5. The van der Waals surface area contributed by atoms with Crippen LogP contribution in [0.4, 0.5) is 0 Å². The number of aliphatic hydroxyl groups is 3. The van der Waals surface area contributed by atoms with Crippen molar-refractivity contribution in [3.05, 3.63) is 23.8 Å². The van der Waals surface area contributed by atoms with E-state index < -0.39 is 23.7 Å². The Morgan fingerprint density at radius 3 is 2.68 bits per heavy atom. The van der Waals surface area contributed by atoms with E-state index in [1.165, 1.54) is 7.11 Å². The Kier molecular flexibility index (Phi) is 4.97. The highest BCUT2D eigenvalue weighted by Crippen LogP contribution is 2.60. The van der Waals surface area contributed by atoms with E-state index in [4.69, 9.17) is 4.74 Å². The fourth-order valence-corrected chi connectivity index (χ4v) is 5.52. The molecule has 140 valence electrons. The number of fused-ring (bicyclic) bond motifs is 4. The molecule has 2 bridgehead atoms. The first-order valence-electron chi connectivity index (χ1n) is 9.24. The maximum atomic E-state index is 13.4. The van der Waals surface area contributed by atoms with Gasteiger partial charge in [-0.15, -0.1) is 0 Å². The van der Waals surface area contributed by atoms with Crippen molar-refractivity contribution in [2.45, 2.75) is 45.0 Å². The minimum absolute atomic E-state index is 0.0269. The average molecular weight is 350 g/mol. The molecular weight excluding hydrogens is 320 g/mol. The van der Waals surface area contributed by atoms with Gasteiger partial charge in [0.05, 0.1) is 12.5 Å². The number of Topliss-reactive ketones (excluding diaryl/α,β-unsaturated/α-hetero) is 1. The van der Waals surface area contributed by atoms with Crippen LogP contribution in [0.3, 0.4) is 0 Å². The molecule has 0 saturated heterocycles. The second-order valence-electron chi connectivity index (χ2n) is 8.09. The minimum Gasteiger partial charge on any atom is -0.392 e. The zero-order valence-corrected chi connectivity index (χ0v) is 15.4. The molecular formula is C20H30O5. The second kappa shape index (κ2) is 6.62. The molecule has 9 atom stereocenters. The van der Waals surface area contributed by atoms with E-state index >= 15 is 0 Å². The van der Waals surface area contributed by atoms with Gasteiger partial charge in [-0.25, -0.2) is 0 Å². The van der Waals surface area contributed by atoms with Gasteiger partial charge in [-0.2, -0.15) is 0 Å². The molecule has 3 rings (SSSR count). The summed E-state index contributed by atoms with van der Waals surface area (Å²) in [5.41, 5.74) is -1.47. The van der Waals surface area contributed by atoms with Gasteiger partial charge in [-0.1, -0.05) is 32.1 Å². The van der Waals surface area contributed by atoms with Gasteiger partial charge in [-0.05, 0) is 42.6 Å². The number of hydrogen-bond donors (Lipinski definition) is 3. The summed E-state index contributed by atoms with van der Waals surface area (Å²) in [6, 6.07) is 0. The lowest BCUT2D eigenvalue weighted by molar-refractivity contribution is -0.179. The molecule has 0 radical (unpaired) electrons. The summed E-state index contributed by atoms with van der Waals surface area (Å²) in [6.07, 6.45) is 3.83. The standard InChI is InChI=1S/C20H30O5/c1-5-6-15(25-4)20(24)17-10(2)7-13-11(3)16(13)14(18(17)22)8-12(9-21)19(20)23/h5-6,8,10-11,13-17,19,21,23-24H,7,9H2,1-4H3/b6-5-/t10-,11?,13?,14?,15?,16?,17?,19?,20?/m1/s1. The Labute approximate surface area is 149 Å². The Morgan fingerprint density at radius 1 is 1.44 bits per heavy atom. The predicted octanol–water partition coefficient (Wildman–Crippen LogP) is 1.33. The molecule has 3 aliphatic rings. The van der Waals surface area contributed by atoms with E-state index in [9.17, 15) is 20.1 Å². The van der Waals surface area contributed by atoms with E-state index in [2.05, 4.69) is 6.92 Å². The van der Waals surface area contributed by atoms with E-state index in [0.29, 0.717) is 17.4 Å². The van der Waals surface area contributed by atoms with Crippen LogP contribution in [0.15, 0.2) is 23.8 Å². The molecule has 0 heterocycles. The van der Waals surface area contributed by atoms with Gasteiger partial charge >= 0.3 is 0 Å². The Balaban J connectivity index is 2.16. The number of carbonyl (C=O) groups excluding carboxylic acids is 1. The summed E-state index contributed by atoms with van der Waals surface area (Å²) in [5.74, 6) is 0.0134. The third-order valence-corrected chi connectivity index (χ3v) is 6.84. The van der Waals surface area contributed by atoms with Gasteiger partial charge in [0, 0.05) is 13.0 Å². The van der Waals surface area contributed by atoms with Crippen molar-refractivity contribution in [1.82, 2.24) is 0 Å². The maximum Gasteiger partial charge on any atom is 0.146 e. The second-order valence-corrected chi connectivity index (χ2v) is 8.09. The summed E-state index contributed by atoms with van der Waals surface area (Å²) in [6.45, 7) is 5.57. The SMILES string of the molecule is C/C=C\C(OC)C1(O)C(O)C(CO)=CC2C(=O)C1[C@H](C)CC1C(C)C21. The largest absolute Gasteiger partial charge is 0.392 e. The van der Waals surface area contributed by atoms with Crippen molar-refractivity contribution in [3.63, 3.8) is 0 Å². The third-order valence-electron chi connectivity index (χ3n) is 6.84. The lowest BCUT2D eigenvalue weighted by Gasteiger charge is -2.44. The minimum atomic E-state index is -1.79.